The molecule has 0 atom stereocenters. The molecular weight excluding hydrogens is 246 g/mol. The van der Waals surface area contributed by atoms with E-state index in [2.05, 4.69) is 29.7 Å². The van der Waals surface area contributed by atoms with Gasteiger partial charge in [-0.3, -0.25) is 5.43 Å². The van der Waals surface area contributed by atoms with E-state index in [1.807, 2.05) is 24.3 Å². The molecule has 0 bridgehead atoms. The van der Waals surface area contributed by atoms with Gasteiger partial charge in [-0.15, -0.1) is 0 Å². The summed E-state index contributed by atoms with van der Waals surface area (Å²) in [5.41, 5.74) is 3.68. The number of hydrogen-bond donors (Lipinski definition) is 2. The minimum absolute atomic E-state index is 0.489. The molecule has 2 N–H and O–H groups in total. The van der Waals surface area contributed by atoms with Crippen molar-refractivity contribution in [2.45, 2.75) is 13.8 Å². The second kappa shape index (κ2) is 7.66. The van der Waals surface area contributed by atoms with E-state index in [-0.39, 0.29) is 0 Å². The van der Waals surface area contributed by atoms with Crippen molar-refractivity contribution in [3.63, 3.8) is 0 Å². The normalized spacial score (nSPS) is 10.7. The Balaban J connectivity index is 2.47. The van der Waals surface area contributed by atoms with Crippen LogP contribution in [0.1, 0.15) is 19.4 Å². The lowest BCUT2D eigenvalue weighted by Gasteiger charge is -2.08. The fraction of sp³-hybridized carbons (Fsp3) is 0.385. The molecule has 0 spiro atoms. The number of rotatable bonds is 5. The van der Waals surface area contributed by atoms with Crippen molar-refractivity contribution in [1.29, 1.82) is 0 Å². The topological polar surface area (TPSA) is 45.7 Å². The van der Waals surface area contributed by atoms with Crippen LogP contribution in [0.25, 0.3) is 0 Å². The Kier molecular flexibility index (Phi) is 6.14. The fourth-order valence-corrected chi connectivity index (χ4v) is 1.19. The number of hydrogen-bond acceptors (Lipinski definition) is 3. The number of nitrogens with zero attached hydrogens (tertiary/aromatic N) is 1. The zero-order chi connectivity index (χ0) is 13.4. The number of ether oxygens (including phenoxy) is 1. The highest BCUT2D eigenvalue weighted by molar-refractivity contribution is 7.80. The molecule has 0 amide bonds. The molecular formula is C13H19N3OS. The molecule has 18 heavy (non-hydrogen) atoms. The number of nitrogens with one attached hydrogen (secondary N) is 2. The summed E-state index contributed by atoms with van der Waals surface area (Å²) in [5, 5.41) is 7.26. The third-order valence-electron chi connectivity index (χ3n) is 2.07. The third-order valence-corrected chi connectivity index (χ3v) is 2.37. The summed E-state index contributed by atoms with van der Waals surface area (Å²) < 4.78 is 5.59. The second-order valence-electron chi connectivity index (χ2n) is 4.22. The predicted octanol–water partition coefficient (Wildman–Crippen LogP) is 2.15. The molecule has 1 rings (SSSR count). The Labute approximate surface area is 113 Å². The molecule has 1 aromatic carbocycles. The molecule has 0 saturated carbocycles. The van der Waals surface area contributed by atoms with E-state index >= 15 is 0 Å². The van der Waals surface area contributed by atoms with Gasteiger partial charge in [0.15, 0.2) is 5.11 Å². The van der Waals surface area contributed by atoms with Crippen molar-refractivity contribution in [2.75, 3.05) is 13.7 Å². The lowest BCUT2D eigenvalue weighted by Crippen LogP contribution is -2.28. The maximum absolute atomic E-state index is 5.59. The smallest absolute Gasteiger partial charge is 0.186 e. The van der Waals surface area contributed by atoms with E-state index in [4.69, 9.17) is 17.0 Å². The monoisotopic (exact) mass is 265 g/mol. The quantitative estimate of drug-likeness (QED) is 0.486. The molecule has 0 fully saturated rings. The highest BCUT2D eigenvalue weighted by Crippen LogP contribution is 2.12. The van der Waals surface area contributed by atoms with Crippen LogP contribution in [-0.2, 0) is 0 Å². The molecule has 4 nitrogen and oxygen atoms in total. The second-order valence-corrected chi connectivity index (χ2v) is 4.63. The average molecular weight is 265 g/mol. The minimum Gasteiger partial charge on any atom is -0.493 e. The maximum atomic E-state index is 5.59. The van der Waals surface area contributed by atoms with Gasteiger partial charge in [0.05, 0.1) is 12.8 Å². The number of benzene rings is 1. The van der Waals surface area contributed by atoms with Gasteiger partial charge in [-0.1, -0.05) is 13.8 Å². The number of thiocarbonyl (C=S) groups is 1. The van der Waals surface area contributed by atoms with Gasteiger partial charge in [0.2, 0.25) is 0 Å². The van der Waals surface area contributed by atoms with Gasteiger partial charge >= 0.3 is 0 Å². The summed E-state index contributed by atoms with van der Waals surface area (Å²) in [5.74, 6) is 1.40. The molecule has 5 heteroatoms. The van der Waals surface area contributed by atoms with Crippen LogP contribution in [0.15, 0.2) is 29.4 Å². The van der Waals surface area contributed by atoms with Gasteiger partial charge in [0, 0.05) is 7.05 Å². The summed E-state index contributed by atoms with van der Waals surface area (Å²) in [4.78, 5) is 0. The van der Waals surface area contributed by atoms with E-state index in [0.717, 1.165) is 17.9 Å². The molecule has 0 saturated heterocycles. The number of hydrazone groups is 1. The zero-order valence-electron chi connectivity index (χ0n) is 10.9. The lowest BCUT2D eigenvalue weighted by atomic mass is 10.2. The minimum atomic E-state index is 0.489. The highest BCUT2D eigenvalue weighted by atomic mass is 32.1. The summed E-state index contributed by atoms with van der Waals surface area (Å²) in [6.45, 7) is 4.97. The van der Waals surface area contributed by atoms with Gasteiger partial charge in [0.25, 0.3) is 0 Å². The van der Waals surface area contributed by atoms with Crippen molar-refractivity contribution < 1.29 is 4.74 Å². The predicted molar refractivity (Wildman–Crippen MR) is 79.2 cm³/mol. The molecule has 0 radical (unpaired) electrons. The van der Waals surface area contributed by atoms with Crippen molar-refractivity contribution in [1.82, 2.24) is 10.7 Å². The molecule has 0 aliphatic carbocycles. The first-order chi connectivity index (χ1) is 8.61. The van der Waals surface area contributed by atoms with Gasteiger partial charge in [-0.05, 0) is 48.0 Å². The Morgan fingerprint density at radius 2 is 2.06 bits per heavy atom. The molecule has 0 unspecified atom stereocenters. The SMILES string of the molecule is CNC(=S)N/N=C\c1ccc(OCC(C)C)cc1. The van der Waals surface area contributed by atoms with Crippen molar-refractivity contribution >= 4 is 23.5 Å². The Bertz CT molecular complexity index is 401. The van der Waals surface area contributed by atoms with Crippen LogP contribution in [0.3, 0.4) is 0 Å². The summed E-state index contributed by atoms with van der Waals surface area (Å²) in [6, 6.07) is 7.76. The van der Waals surface area contributed by atoms with Crippen LogP contribution in [0, 0.1) is 5.92 Å². The van der Waals surface area contributed by atoms with Crippen LogP contribution in [-0.4, -0.2) is 25.0 Å². The van der Waals surface area contributed by atoms with Crippen LogP contribution in [0.2, 0.25) is 0 Å². The molecule has 1 aromatic rings. The average Bonchev–Trinajstić information content (AvgIpc) is 2.37. The molecule has 0 aliphatic rings. The van der Waals surface area contributed by atoms with Gasteiger partial charge in [-0.25, -0.2) is 0 Å². The van der Waals surface area contributed by atoms with Crippen molar-refractivity contribution in [2.24, 2.45) is 11.0 Å². The largest absolute Gasteiger partial charge is 0.493 e. The summed E-state index contributed by atoms with van der Waals surface area (Å²) >= 11 is 4.89. The van der Waals surface area contributed by atoms with Gasteiger partial charge < -0.3 is 10.1 Å². The van der Waals surface area contributed by atoms with E-state index in [9.17, 15) is 0 Å². The molecule has 0 heterocycles. The fourth-order valence-electron chi connectivity index (χ4n) is 1.13. The van der Waals surface area contributed by atoms with Crippen molar-refractivity contribution in [3.8, 4) is 5.75 Å². The van der Waals surface area contributed by atoms with E-state index in [1.165, 1.54) is 0 Å². The first kappa shape index (κ1) is 14.4. The molecule has 98 valence electrons. The van der Waals surface area contributed by atoms with E-state index in [1.54, 1.807) is 13.3 Å². The van der Waals surface area contributed by atoms with E-state index < -0.39 is 0 Å². The first-order valence-corrected chi connectivity index (χ1v) is 6.26. The standard InChI is InChI=1S/C13H19N3OS/c1-10(2)9-17-12-6-4-11(5-7-12)8-15-16-13(18)14-3/h4-8,10H,9H2,1-3H3,(H2,14,16,18)/b15-8-. The van der Waals surface area contributed by atoms with Crippen molar-refractivity contribution in [3.05, 3.63) is 29.8 Å². The van der Waals surface area contributed by atoms with Crippen LogP contribution in [0.5, 0.6) is 5.75 Å². The Morgan fingerprint density at radius 1 is 1.39 bits per heavy atom. The van der Waals surface area contributed by atoms with Crippen LogP contribution in [0.4, 0.5) is 0 Å². The maximum Gasteiger partial charge on any atom is 0.186 e. The van der Waals surface area contributed by atoms with Crippen LogP contribution < -0.4 is 15.5 Å². The highest BCUT2D eigenvalue weighted by Gasteiger charge is 1.96. The Morgan fingerprint density at radius 3 is 2.61 bits per heavy atom. The molecule has 0 aliphatic heterocycles. The Hall–Kier alpha value is -1.62. The van der Waals surface area contributed by atoms with Gasteiger partial charge in [0.1, 0.15) is 5.75 Å². The molecule has 0 aromatic heterocycles. The summed E-state index contributed by atoms with van der Waals surface area (Å²) in [7, 11) is 1.74. The van der Waals surface area contributed by atoms with Crippen LogP contribution >= 0.6 is 12.2 Å². The zero-order valence-corrected chi connectivity index (χ0v) is 11.8. The third kappa shape index (κ3) is 5.63. The van der Waals surface area contributed by atoms with E-state index in [0.29, 0.717) is 11.0 Å². The summed E-state index contributed by atoms with van der Waals surface area (Å²) in [6.07, 6.45) is 1.70. The van der Waals surface area contributed by atoms with Gasteiger partial charge in [-0.2, -0.15) is 5.10 Å². The lowest BCUT2D eigenvalue weighted by molar-refractivity contribution is 0.271. The first-order valence-electron chi connectivity index (χ1n) is 5.85.